The van der Waals surface area contributed by atoms with Gasteiger partial charge in [-0.15, -0.1) is 0 Å². The van der Waals surface area contributed by atoms with Crippen molar-refractivity contribution in [3.05, 3.63) is 30.3 Å². The normalized spacial score (nSPS) is 18.3. The van der Waals surface area contributed by atoms with Gasteiger partial charge in [0.2, 0.25) is 11.8 Å². The fraction of sp³-hybridized carbons (Fsp3) is 0.500. The smallest absolute Gasteiger partial charge is 0.475 e. The average Bonchev–Trinajstić information content (AvgIpc) is 2.68. The summed E-state index contributed by atoms with van der Waals surface area (Å²) < 4.78 is 31.7. The number of alkyl halides is 3. The number of halogens is 3. The molecule has 1 aromatic rings. The molecule has 2 N–H and O–H groups in total. The van der Waals surface area contributed by atoms with Crippen molar-refractivity contribution >= 4 is 23.5 Å². The molecule has 2 saturated heterocycles. The molecule has 3 rings (SSSR count). The van der Waals surface area contributed by atoms with E-state index in [9.17, 15) is 22.8 Å². The summed E-state index contributed by atoms with van der Waals surface area (Å²) in [4.78, 5) is 37.2. The first-order valence-electron chi connectivity index (χ1n) is 8.85. The summed E-state index contributed by atoms with van der Waals surface area (Å²) in [6.07, 6.45) is -3.32. The van der Waals surface area contributed by atoms with Crippen LogP contribution in [0.5, 0.6) is 0 Å². The van der Waals surface area contributed by atoms with Gasteiger partial charge in [0.05, 0.1) is 0 Å². The Morgan fingerprint density at radius 3 is 2.14 bits per heavy atom. The van der Waals surface area contributed by atoms with E-state index in [0.717, 1.165) is 31.6 Å². The fourth-order valence-electron chi connectivity index (χ4n) is 3.07. The van der Waals surface area contributed by atoms with E-state index >= 15 is 0 Å². The minimum absolute atomic E-state index is 0.00901. The van der Waals surface area contributed by atoms with Crippen LogP contribution < -0.4 is 10.2 Å². The second-order valence-corrected chi connectivity index (χ2v) is 6.47. The number of anilines is 1. The highest BCUT2D eigenvalue weighted by molar-refractivity contribution is 5.98. The van der Waals surface area contributed by atoms with Crippen LogP contribution in [0.1, 0.15) is 12.8 Å². The van der Waals surface area contributed by atoms with Gasteiger partial charge in [-0.05, 0) is 38.1 Å². The lowest BCUT2D eigenvalue weighted by molar-refractivity contribution is -0.192. The average molecular weight is 401 g/mol. The number of hydrogen-bond donors (Lipinski definition) is 2. The zero-order valence-electron chi connectivity index (χ0n) is 15.1. The maximum Gasteiger partial charge on any atom is 0.490 e. The molecule has 0 aromatic heterocycles. The van der Waals surface area contributed by atoms with Crippen LogP contribution in [0.3, 0.4) is 0 Å². The minimum atomic E-state index is -5.08. The van der Waals surface area contributed by atoms with Gasteiger partial charge in [-0.2, -0.15) is 13.2 Å². The number of hydrogen-bond acceptors (Lipinski definition) is 4. The van der Waals surface area contributed by atoms with Crippen LogP contribution >= 0.6 is 0 Å². The van der Waals surface area contributed by atoms with Crippen molar-refractivity contribution in [1.82, 2.24) is 10.2 Å². The van der Waals surface area contributed by atoms with Gasteiger partial charge in [0.15, 0.2) is 0 Å². The van der Waals surface area contributed by atoms with Crippen LogP contribution in [-0.4, -0.2) is 66.7 Å². The number of rotatable bonds is 2. The molecule has 0 aliphatic carbocycles. The summed E-state index contributed by atoms with van der Waals surface area (Å²) in [5, 5.41) is 10.4. The third-order valence-corrected chi connectivity index (χ3v) is 4.53. The van der Waals surface area contributed by atoms with Crippen LogP contribution in [0.15, 0.2) is 30.3 Å². The molecule has 28 heavy (non-hydrogen) atoms. The molecule has 0 bridgehead atoms. The number of carboxylic acids is 1. The summed E-state index contributed by atoms with van der Waals surface area (Å²) in [5.74, 6) is -2.51. The van der Waals surface area contributed by atoms with E-state index in [1.807, 2.05) is 30.3 Å². The molecule has 1 aromatic carbocycles. The number of piperazine rings is 1. The maximum atomic E-state index is 12.5. The number of nitrogens with zero attached hydrogens (tertiary/aromatic N) is 2. The molecule has 2 heterocycles. The van der Waals surface area contributed by atoms with E-state index in [4.69, 9.17) is 9.90 Å². The predicted octanol–water partition coefficient (Wildman–Crippen LogP) is 1.49. The summed E-state index contributed by atoms with van der Waals surface area (Å²) in [5.41, 5.74) is 0.913. The summed E-state index contributed by atoms with van der Waals surface area (Å²) in [6.45, 7) is 3.21. The van der Waals surface area contributed by atoms with Crippen molar-refractivity contribution in [2.24, 2.45) is 5.92 Å². The Labute approximate surface area is 160 Å². The lowest BCUT2D eigenvalue weighted by Crippen LogP contribution is -2.54. The third kappa shape index (κ3) is 5.95. The van der Waals surface area contributed by atoms with Gasteiger partial charge in [0.1, 0.15) is 6.54 Å². The standard InChI is InChI=1S/C16H21N3O2.C2HF3O2/c20-15-12-18(16(21)13-6-8-17-9-7-13)10-11-19(15)14-4-2-1-3-5-14;3-2(4,5)1(6)7/h1-5,13,17H,6-12H2;(H,6,7). The number of carbonyl (C=O) groups is 3. The van der Waals surface area contributed by atoms with Crippen LogP contribution in [0, 0.1) is 5.92 Å². The Bertz CT molecular complexity index is 691. The molecular formula is C18H22F3N3O4. The molecule has 2 fully saturated rings. The van der Waals surface area contributed by atoms with E-state index in [1.165, 1.54) is 0 Å². The Kier molecular flexibility index (Phi) is 7.38. The first kappa shape index (κ1) is 21.7. The number of aliphatic carboxylic acids is 1. The molecule has 0 unspecified atom stereocenters. The largest absolute Gasteiger partial charge is 0.490 e. The molecule has 2 aliphatic rings. The lowest BCUT2D eigenvalue weighted by atomic mass is 9.96. The lowest BCUT2D eigenvalue weighted by Gasteiger charge is -2.36. The Balaban J connectivity index is 0.000000345. The summed E-state index contributed by atoms with van der Waals surface area (Å²) >= 11 is 0. The highest BCUT2D eigenvalue weighted by Gasteiger charge is 2.38. The molecule has 0 radical (unpaired) electrons. The molecule has 10 heteroatoms. The fourth-order valence-corrected chi connectivity index (χ4v) is 3.07. The van der Waals surface area contributed by atoms with Gasteiger partial charge in [0, 0.05) is 24.7 Å². The number of piperidine rings is 1. The monoisotopic (exact) mass is 401 g/mol. The van der Waals surface area contributed by atoms with E-state index in [1.54, 1.807) is 9.80 Å². The predicted molar refractivity (Wildman–Crippen MR) is 94.7 cm³/mol. The van der Waals surface area contributed by atoms with Crippen LogP contribution in [0.2, 0.25) is 0 Å². The molecule has 7 nitrogen and oxygen atoms in total. The van der Waals surface area contributed by atoms with E-state index in [0.29, 0.717) is 13.1 Å². The highest BCUT2D eigenvalue weighted by atomic mass is 19.4. The topological polar surface area (TPSA) is 90.0 Å². The van der Waals surface area contributed by atoms with Crippen molar-refractivity contribution < 1.29 is 32.7 Å². The zero-order valence-corrected chi connectivity index (χ0v) is 15.1. The highest BCUT2D eigenvalue weighted by Crippen LogP contribution is 2.20. The molecule has 0 spiro atoms. The Morgan fingerprint density at radius 1 is 1.07 bits per heavy atom. The number of carboxylic acid groups (broad SMARTS) is 1. The first-order valence-corrected chi connectivity index (χ1v) is 8.85. The van der Waals surface area contributed by atoms with E-state index in [-0.39, 0.29) is 24.3 Å². The maximum absolute atomic E-state index is 12.5. The van der Waals surface area contributed by atoms with Crippen molar-refractivity contribution in [2.75, 3.05) is 37.6 Å². The molecular weight excluding hydrogens is 379 g/mol. The van der Waals surface area contributed by atoms with Crippen molar-refractivity contribution in [2.45, 2.75) is 19.0 Å². The number of nitrogens with one attached hydrogen (secondary N) is 1. The number of carbonyl (C=O) groups excluding carboxylic acids is 2. The van der Waals surface area contributed by atoms with Gasteiger partial charge in [-0.25, -0.2) is 4.79 Å². The van der Waals surface area contributed by atoms with Crippen molar-refractivity contribution in [3.63, 3.8) is 0 Å². The quantitative estimate of drug-likeness (QED) is 0.784. The molecule has 154 valence electrons. The van der Waals surface area contributed by atoms with Gasteiger partial charge in [0.25, 0.3) is 0 Å². The minimum Gasteiger partial charge on any atom is -0.475 e. The SMILES string of the molecule is O=C(C1CCNCC1)N1CCN(c2ccccc2)C(=O)C1.O=C(O)C(F)(F)F. The van der Waals surface area contributed by atoms with Crippen LogP contribution in [0.25, 0.3) is 0 Å². The molecule has 2 amide bonds. The van der Waals surface area contributed by atoms with E-state index in [2.05, 4.69) is 5.32 Å². The Hall–Kier alpha value is -2.62. The zero-order chi connectivity index (χ0) is 20.7. The third-order valence-electron chi connectivity index (χ3n) is 4.53. The number of amides is 2. The Morgan fingerprint density at radius 2 is 1.64 bits per heavy atom. The number of para-hydroxylation sites is 1. The van der Waals surface area contributed by atoms with Crippen LogP contribution in [-0.2, 0) is 14.4 Å². The van der Waals surface area contributed by atoms with Gasteiger partial charge in [-0.3, -0.25) is 9.59 Å². The molecule has 0 saturated carbocycles. The van der Waals surface area contributed by atoms with Gasteiger partial charge in [-0.1, -0.05) is 18.2 Å². The van der Waals surface area contributed by atoms with E-state index < -0.39 is 12.1 Å². The van der Waals surface area contributed by atoms with Crippen molar-refractivity contribution in [3.8, 4) is 0 Å². The van der Waals surface area contributed by atoms with Crippen molar-refractivity contribution in [1.29, 1.82) is 0 Å². The molecule has 0 atom stereocenters. The first-order chi connectivity index (χ1) is 13.2. The summed E-state index contributed by atoms with van der Waals surface area (Å²) in [7, 11) is 0. The second kappa shape index (κ2) is 9.54. The second-order valence-electron chi connectivity index (χ2n) is 6.47. The van der Waals surface area contributed by atoms with Gasteiger partial charge >= 0.3 is 12.1 Å². The van der Waals surface area contributed by atoms with Crippen LogP contribution in [0.4, 0.5) is 18.9 Å². The molecule has 2 aliphatic heterocycles. The van der Waals surface area contributed by atoms with Gasteiger partial charge < -0.3 is 20.2 Å². The number of benzene rings is 1. The summed E-state index contributed by atoms with van der Waals surface area (Å²) in [6, 6.07) is 9.65.